The molecule has 27 heavy (non-hydrogen) atoms. The second-order valence-electron chi connectivity index (χ2n) is 6.15. The number of carbonyl (C=O) groups excluding carboxylic acids is 1. The van der Waals surface area contributed by atoms with E-state index in [9.17, 15) is 4.79 Å². The fourth-order valence-corrected chi connectivity index (χ4v) is 2.77. The Kier molecular flexibility index (Phi) is 7.29. The quantitative estimate of drug-likeness (QED) is 0.705. The van der Waals surface area contributed by atoms with Gasteiger partial charge in [0.05, 0.1) is 26.9 Å². The molecule has 5 heteroatoms. The van der Waals surface area contributed by atoms with Crippen molar-refractivity contribution in [1.82, 2.24) is 5.32 Å². The van der Waals surface area contributed by atoms with E-state index >= 15 is 0 Å². The average Bonchev–Trinajstić information content (AvgIpc) is 2.67. The topological polar surface area (TPSA) is 56.8 Å². The van der Waals surface area contributed by atoms with Crippen LogP contribution in [0.2, 0.25) is 0 Å². The zero-order valence-corrected chi connectivity index (χ0v) is 16.5. The highest BCUT2D eigenvalue weighted by Crippen LogP contribution is 2.29. The summed E-state index contributed by atoms with van der Waals surface area (Å²) in [6.45, 7) is 6.43. The monoisotopic (exact) mass is 369 g/mol. The normalized spacial score (nSPS) is 11.9. The van der Waals surface area contributed by atoms with Crippen molar-refractivity contribution in [3.05, 3.63) is 59.2 Å². The Hall–Kier alpha value is -2.95. The molecule has 0 radical (unpaired) electrons. The lowest BCUT2D eigenvalue weighted by atomic mass is 10.0. The van der Waals surface area contributed by atoms with E-state index < -0.39 is 0 Å². The number of hydrogen-bond donors (Lipinski definition) is 1. The molecule has 0 spiro atoms. The molecule has 0 aliphatic rings. The number of nitrogens with one attached hydrogen (secondary N) is 1. The Balaban J connectivity index is 2.08. The smallest absolute Gasteiger partial charge is 0.244 e. The molecule has 1 amide bonds. The van der Waals surface area contributed by atoms with Crippen LogP contribution in [0.1, 0.15) is 36.6 Å². The largest absolute Gasteiger partial charge is 0.496 e. The second kappa shape index (κ2) is 9.67. The molecule has 5 nitrogen and oxygen atoms in total. The van der Waals surface area contributed by atoms with E-state index in [0.29, 0.717) is 18.1 Å². The third-order valence-corrected chi connectivity index (χ3v) is 4.13. The van der Waals surface area contributed by atoms with Crippen LogP contribution in [0.5, 0.6) is 17.2 Å². The van der Waals surface area contributed by atoms with Crippen molar-refractivity contribution in [2.45, 2.75) is 26.8 Å². The predicted molar refractivity (Wildman–Crippen MR) is 107 cm³/mol. The average molecular weight is 369 g/mol. The van der Waals surface area contributed by atoms with Crippen molar-refractivity contribution < 1.29 is 19.0 Å². The van der Waals surface area contributed by atoms with Gasteiger partial charge in [-0.15, -0.1) is 0 Å². The van der Waals surface area contributed by atoms with E-state index in [-0.39, 0.29) is 11.9 Å². The number of ether oxygens (including phenoxy) is 3. The van der Waals surface area contributed by atoms with Gasteiger partial charge in [0.25, 0.3) is 0 Å². The van der Waals surface area contributed by atoms with Gasteiger partial charge in [-0.05, 0) is 50.6 Å². The number of methoxy groups -OCH3 is 2. The number of carbonyl (C=O) groups is 1. The van der Waals surface area contributed by atoms with Crippen LogP contribution in [0.3, 0.4) is 0 Å². The van der Waals surface area contributed by atoms with Gasteiger partial charge < -0.3 is 19.5 Å². The Labute approximate surface area is 161 Å². The Bertz CT molecular complexity index is 814. The molecule has 0 aliphatic heterocycles. The van der Waals surface area contributed by atoms with Crippen molar-refractivity contribution in [3.63, 3.8) is 0 Å². The molecular weight excluding hydrogens is 342 g/mol. The van der Waals surface area contributed by atoms with Gasteiger partial charge in [-0.1, -0.05) is 23.8 Å². The van der Waals surface area contributed by atoms with E-state index in [1.165, 1.54) is 6.08 Å². The summed E-state index contributed by atoms with van der Waals surface area (Å²) >= 11 is 0. The summed E-state index contributed by atoms with van der Waals surface area (Å²) in [5.74, 6) is 1.89. The molecule has 0 heterocycles. The number of rotatable bonds is 8. The maximum atomic E-state index is 12.3. The predicted octanol–water partition coefficient (Wildman–Crippen LogP) is 4.30. The fraction of sp³-hybridized carbons (Fsp3) is 0.318. The molecule has 1 unspecified atom stereocenters. The van der Waals surface area contributed by atoms with Crippen molar-refractivity contribution >= 4 is 12.0 Å². The highest BCUT2D eigenvalue weighted by Gasteiger charge is 2.13. The molecule has 0 fully saturated rings. The van der Waals surface area contributed by atoms with Crippen molar-refractivity contribution in [3.8, 4) is 17.2 Å². The number of amides is 1. The minimum absolute atomic E-state index is 0.174. The number of aryl methyl sites for hydroxylation is 1. The van der Waals surface area contributed by atoms with Gasteiger partial charge in [0.2, 0.25) is 5.91 Å². The van der Waals surface area contributed by atoms with Crippen LogP contribution in [0.25, 0.3) is 6.08 Å². The first-order valence-corrected chi connectivity index (χ1v) is 8.92. The minimum atomic E-state index is -0.182. The van der Waals surface area contributed by atoms with Gasteiger partial charge in [-0.25, -0.2) is 0 Å². The van der Waals surface area contributed by atoms with Crippen LogP contribution < -0.4 is 19.5 Å². The molecule has 0 bridgehead atoms. The maximum absolute atomic E-state index is 12.3. The fourth-order valence-electron chi connectivity index (χ4n) is 2.77. The first kappa shape index (κ1) is 20.4. The molecule has 0 aliphatic carbocycles. The van der Waals surface area contributed by atoms with E-state index in [4.69, 9.17) is 14.2 Å². The van der Waals surface area contributed by atoms with Crippen LogP contribution in [-0.4, -0.2) is 26.7 Å². The third-order valence-electron chi connectivity index (χ3n) is 4.13. The van der Waals surface area contributed by atoms with Gasteiger partial charge in [-0.2, -0.15) is 0 Å². The Morgan fingerprint density at radius 1 is 1.07 bits per heavy atom. The van der Waals surface area contributed by atoms with E-state index in [1.54, 1.807) is 20.3 Å². The molecule has 2 rings (SSSR count). The van der Waals surface area contributed by atoms with E-state index in [1.807, 2.05) is 57.2 Å². The molecule has 0 saturated carbocycles. The van der Waals surface area contributed by atoms with Crippen molar-refractivity contribution in [2.24, 2.45) is 0 Å². The van der Waals surface area contributed by atoms with Gasteiger partial charge in [0.1, 0.15) is 5.75 Å². The highest BCUT2D eigenvalue weighted by molar-refractivity contribution is 5.92. The number of hydrogen-bond acceptors (Lipinski definition) is 4. The van der Waals surface area contributed by atoms with Crippen molar-refractivity contribution in [1.29, 1.82) is 0 Å². The zero-order chi connectivity index (χ0) is 19.8. The summed E-state index contributed by atoms with van der Waals surface area (Å²) in [5.41, 5.74) is 2.91. The minimum Gasteiger partial charge on any atom is -0.496 e. The molecule has 0 aromatic heterocycles. The van der Waals surface area contributed by atoms with Crippen LogP contribution in [-0.2, 0) is 4.79 Å². The van der Waals surface area contributed by atoms with Crippen LogP contribution in [0, 0.1) is 6.92 Å². The summed E-state index contributed by atoms with van der Waals surface area (Å²) in [6.07, 6.45) is 3.25. The lowest BCUT2D eigenvalue weighted by molar-refractivity contribution is -0.117. The van der Waals surface area contributed by atoms with E-state index in [2.05, 4.69) is 5.32 Å². The maximum Gasteiger partial charge on any atom is 0.244 e. The molecule has 2 aromatic rings. The summed E-state index contributed by atoms with van der Waals surface area (Å²) in [5, 5.41) is 2.97. The summed E-state index contributed by atoms with van der Waals surface area (Å²) < 4.78 is 16.2. The van der Waals surface area contributed by atoms with Crippen LogP contribution in [0.15, 0.2) is 42.5 Å². The van der Waals surface area contributed by atoms with Gasteiger partial charge in [0.15, 0.2) is 11.5 Å². The van der Waals surface area contributed by atoms with Gasteiger partial charge in [0, 0.05) is 11.6 Å². The van der Waals surface area contributed by atoms with Gasteiger partial charge >= 0.3 is 0 Å². The second-order valence-corrected chi connectivity index (χ2v) is 6.15. The van der Waals surface area contributed by atoms with Gasteiger partial charge in [-0.3, -0.25) is 4.79 Å². The Morgan fingerprint density at radius 3 is 2.44 bits per heavy atom. The van der Waals surface area contributed by atoms with E-state index in [0.717, 1.165) is 22.4 Å². The summed E-state index contributed by atoms with van der Waals surface area (Å²) in [7, 11) is 3.22. The number of benzene rings is 2. The zero-order valence-electron chi connectivity index (χ0n) is 16.5. The summed E-state index contributed by atoms with van der Waals surface area (Å²) in [4.78, 5) is 12.3. The standard InChI is InChI=1S/C22H27NO4/c1-6-27-20-11-8-17(14-21(20)26-5)9-12-22(24)23-16(3)18-13-15(2)7-10-19(18)25-4/h7-14,16H,6H2,1-5H3,(H,23,24)/b12-9+. The summed E-state index contributed by atoms with van der Waals surface area (Å²) in [6, 6.07) is 11.3. The molecule has 1 atom stereocenters. The SMILES string of the molecule is CCOc1ccc(/C=C/C(=O)NC(C)c2cc(C)ccc2OC)cc1OC. The molecular formula is C22H27NO4. The highest BCUT2D eigenvalue weighted by atomic mass is 16.5. The molecule has 144 valence electrons. The Morgan fingerprint density at radius 2 is 1.78 bits per heavy atom. The first-order valence-electron chi connectivity index (χ1n) is 8.92. The molecule has 2 aromatic carbocycles. The lowest BCUT2D eigenvalue weighted by Crippen LogP contribution is -2.25. The van der Waals surface area contributed by atoms with Crippen LogP contribution >= 0.6 is 0 Å². The lowest BCUT2D eigenvalue weighted by Gasteiger charge is -2.17. The van der Waals surface area contributed by atoms with Crippen LogP contribution in [0.4, 0.5) is 0 Å². The molecule has 0 saturated heterocycles. The third kappa shape index (κ3) is 5.51. The first-order chi connectivity index (χ1) is 13.0. The van der Waals surface area contributed by atoms with Crippen molar-refractivity contribution in [2.75, 3.05) is 20.8 Å². The molecule has 1 N–H and O–H groups in total.